The molecule has 1 aromatic heterocycles. The Morgan fingerprint density at radius 3 is 2.79 bits per heavy atom. The van der Waals surface area contributed by atoms with Gasteiger partial charge in [-0.15, -0.1) is 0 Å². The SMILES string of the molecule is CN1Cc2ccc(Nc3ncc4c(n3)OCN(c3c(Cl)cccc3Cl)C4=O)cc2C(C#N)C1. The predicted octanol–water partition coefficient (Wildman–Crippen LogP) is 4.58. The third-order valence-electron chi connectivity index (χ3n) is 5.63. The van der Waals surface area contributed by atoms with Crippen molar-refractivity contribution in [1.29, 1.82) is 5.26 Å². The van der Waals surface area contributed by atoms with Crippen LogP contribution in [0.1, 0.15) is 27.4 Å². The molecule has 0 aliphatic carbocycles. The molecule has 2 aromatic carbocycles. The fourth-order valence-corrected chi connectivity index (χ4v) is 4.67. The summed E-state index contributed by atoms with van der Waals surface area (Å²) < 4.78 is 5.73. The van der Waals surface area contributed by atoms with Crippen molar-refractivity contribution < 1.29 is 9.53 Å². The molecule has 2 aliphatic heterocycles. The van der Waals surface area contributed by atoms with Crippen molar-refractivity contribution in [3.63, 3.8) is 0 Å². The normalized spacial score (nSPS) is 17.6. The molecule has 0 spiro atoms. The number of amides is 1. The number of halogens is 2. The van der Waals surface area contributed by atoms with Gasteiger partial charge in [0.05, 0.1) is 27.7 Å². The fraction of sp³-hybridized carbons (Fsp3) is 0.217. The van der Waals surface area contributed by atoms with E-state index >= 15 is 0 Å². The summed E-state index contributed by atoms with van der Waals surface area (Å²) in [4.78, 5) is 25.2. The number of carbonyl (C=O) groups excluding carboxylic acids is 1. The lowest BCUT2D eigenvalue weighted by Crippen LogP contribution is -2.39. The maximum Gasteiger partial charge on any atom is 0.268 e. The number of aromatic nitrogens is 2. The van der Waals surface area contributed by atoms with Crippen LogP contribution >= 0.6 is 23.2 Å². The number of ether oxygens (including phenoxy) is 1. The molecule has 0 radical (unpaired) electrons. The Balaban J connectivity index is 1.40. The van der Waals surface area contributed by atoms with Gasteiger partial charge >= 0.3 is 0 Å². The number of hydrogen-bond acceptors (Lipinski definition) is 7. The van der Waals surface area contributed by atoms with Gasteiger partial charge in [0, 0.05) is 25.0 Å². The quantitative estimate of drug-likeness (QED) is 0.586. The van der Waals surface area contributed by atoms with E-state index in [4.69, 9.17) is 27.9 Å². The first kappa shape index (κ1) is 21.5. The number of rotatable bonds is 3. The highest BCUT2D eigenvalue weighted by atomic mass is 35.5. The molecular weight excluding hydrogens is 463 g/mol. The van der Waals surface area contributed by atoms with Crippen LogP contribution in [0.2, 0.25) is 10.0 Å². The van der Waals surface area contributed by atoms with Crippen molar-refractivity contribution in [3.05, 3.63) is 69.3 Å². The number of anilines is 3. The molecule has 0 fully saturated rings. The van der Waals surface area contributed by atoms with Crippen molar-refractivity contribution in [3.8, 4) is 11.9 Å². The third kappa shape index (κ3) is 3.95. The molecule has 1 amide bonds. The second-order valence-corrected chi connectivity index (χ2v) is 8.72. The maximum atomic E-state index is 13.0. The van der Waals surface area contributed by atoms with Crippen LogP contribution in [0.15, 0.2) is 42.6 Å². The number of hydrogen-bond donors (Lipinski definition) is 1. The lowest BCUT2D eigenvalue weighted by molar-refractivity contribution is 0.0932. The number of nitrogens with zero attached hydrogens (tertiary/aromatic N) is 5. The molecule has 3 aromatic rings. The Hall–Kier alpha value is -3.38. The van der Waals surface area contributed by atoms with E-state index in [1.807, 2.05) is 25.2 Å². The largest absolute Gasteiger partial charge is 0.455 e. The first-order valence-electron chi connectivity index (χ1n) is 10.2. The molecule has 0 saturated carbocycles. The first-order chi connectivity index (χ1) is 15.9. The molecule has 8 nitrogen and oxygen atoms in total. The van der Waals surface area contributed by atoms with Crippen LogP contribution in [-0.2, 0) is 6.54 Å². The molecule has 33 heavy (non-hydrogen) atoms. The fourth-order valence-electron chi connectivity index (χ4n) is 4.07. The molecule has 166 valence electrons. The van der Waals surface area contributed by atoms with E-state index in [1.165, 1.54) is 11.1 Å². The topological polar surface area (TPSA) is 94.4 Å². The molecule has 5 rings (SSSR count). The van der Waals surface area contributed by atoms with Crippen molar-refractivity contribution in [2.45, 2.75) is 12.5 Å². The Labute approximate surface area is 200 Å². The number of likely N-dealkylation sites (N-methyl/N-ethyl adjacent to an activating group) is 1. The zero-order chi connectivity index (χ0) is 23.1. The summed E-state index contributed by atoms with van der Waals surface area (Å²) in [6.45, 7) is 1.40. The number of nitriles is 1. The highest BCUT2D eigenvalue weighted by Gasteiger charge is 2.31. The van der Waals surface area contributed by atoms with Crippen LogP contribution in [0.3, 0.4) is 0 Å². The summed E-state index contributed by atoms with van der Waals surface area (Å²) >= 11 is 12.5. The third-order valence-corrected chi connectivity index (χ3v) is 6.24. The number of nitrogens with one attached hydrogen (secondary N) is 1. The van der Waals surface area contributed by atoms with Crippen molar-refractivity contribution in [2.24, 2.45) is 0 Å². The van der Waals surface area contributed by atoms with E-state index in [0.29, 0.717) is 22.3 Å². The van der Waals surface area contributed by atoms with Crippen LogP contribution in [-0.4, -0.2) is 41.1 Å². The first-order valence-corrected chi connectivity index (χ1v) is 10.9. The second kappa shape index (κ2) is 8.52. The van der Waals surface area contributed by atoms with Gasteiger partial charge in [0.1, 0.15) is 5.56 Å². The lowest BCUT2D eigenvalue weighted by atomic mass is 9.90. The molecule has 1 unspecified atom stereocenters. The summed E-state index contributed by atoms with van der Waals surface area (Å²) in [6, 6.07) is 13.3. The molecular formula is C23H18Cl2N6O2. The van der Waals surface area contributed by atoms with Gasteiger partial charge in [0.25, 0.3) is 5.91 Å². The van der Waals surface area contributed by atoms with Gasteiger partial charge in [-0.05, 0) is 42.4 Å². The molecule has 0 bridgehead atoms. The Kier molecular flexibility index (Phi) is 5.54. The smallest absolute Gasteiger partial charge is 0.268 e. The van der Waals surface area contributed by atoms with Gasteiger partial charge in [-0.25, -0.2) is 4.98 Å². The van der Waals surface area contributed by atoms with E-state index < -0.39 is 0 Å². The zero-order valence-corrected chi connectivity index (χ0v) is 19.1. The monoisotopic (exact) mass is 480 g/mol. The summed E-state index contributed by atoms with van der Waals surface area (Å²) in [5.74, 6) is -0.0975. The molecule has 1 N–H and O–H groups in total. The Morgan fingerprint density at radius 2 is 2.03 bits per heavy atom. The van der Waals surface area contributed by atoms with E-state index in [0.717, 1.165) is 23.4 Å². The number of para-hydroxylation sites is 1. The van der Waals surface area contributed by atoms with E-state index in [-0.39, 0.29) is 35.9 Å². The van der Waals surface area contributed by atoms with Gasteiger partial charge in [-0.1, -0.05) is 35.3 Å². The van der Waals surface area contributed by atoms with Crippen molar-refractivity contribution >= 4 is 46.4 Å². The van der Waals surface area contributed by atoms with Crippen LogP contribution < -0.4 is 15.0 Å². The van der Waals surface area contributed by atoms with E-state index in [2.05, 4.69) is 26.3 Å². The van der Waals surface area contributed by atoms with Gasteiger partial charge in [-0.3, -0.25) is 9.69 Å². The molecule has 1 atom stereocenters. The summed E-state index contributed by atoms with van der Waals surface area (Å²) in [5, 5.41) is 13.4. The molecule has 2 aliphatic rings. The minimum Gasteiger partial charge on any atom is -0.455 e. The van der Waals surface area contributed by atoms with Crippen LogP contribution in [0.5, 0.6) is 5.88 Å². The highest BCUT2D eigenvalue weighted by Crippen LogP contribution is 2.37. The average molecular weight is 481 g/mol. The van der Waals surface area contributed by atoms with Gasteiger partial charge in [-0.2, -0.15) is 10.2 Å². The molecule has 3 heterocycles. The van der Waals surface area contributed by atoms with Gasteiger partial charge < -0.3 is 15.0 Å². The number of benzene rings is 2. The summed E-state index contributed by atoms with van der Waals surface area (Å²) in [7, 11) is 2.00. The van der Waals surface area contributed by atoms with Crippen molar-refractivity contribution in [1.82, 2.24) is 14.9 Å². The van der Waals surface area contributed by atoms with E-state index in [9.17, 15) is 10.1 Å². The predicted molar refractivity (Wildman–Crippen MR) is 125 cm³/mol. The van der Waals surface area contributed by atoms with E-state index in [1.54, 1.807) is 18.2 Å². The van der Waals surface area contributed by atoms with Gasteiger partial charge in [0.2, 0.25) is 11.8 Å². The molecule has 0 saturated heterocycles. The minimum atomic E-state index is -0.354. The number of carbonyl (C=O) groups is 1. The van der Waals surface area contributed by atoms with Crippen LogP contribution in [0, 0.1) is 11.3 Å². The summed E-state index contributed by atoms with van der Waals surface area (Å²) in [6.07, 6.45) is 1.41. The lowest BCUT2D eigenvalue weighted by Gasteiger charge is -2.29. The standard InChI is InChI=1S/C23H18Cl2N6O2/c1-30-10-13-5-6-15(7-16(13)14(8-26)11-30)28-23-27-9-17-21(29-23)33-12-31(22(17)32)20-18(24)3-2-4-19(20)25/h2-7,9,14H,10-12H2,1H3,(H,27,28,29). The minimum absolute atomic E-state index is 0.0814. The second-order valence-electron chi connectivity index (χ2n) is 7.91. The van der Waals surface area contributed by atoms with Crippen LogP contribution in [0.25, 0.3) is 0 Å². The highest BCUT2D eigenvalue weighted by molar-refractivity contribution is 6.40. The average Bonchev–Trinajstić information content (AvgIpc) is 2.80. The Morgan fingerprint density at radius 1 is 1.24 bits per heavy atom. The molecule has 10 heteroatoms. The van der Waals surface area contributed by atoms with Gasteiger partial charge in [0.15, 0.2) is 6.73 Å². The Bertz CT molecular complexity index is 1290. The zero-order valence-electron chi connectivity index (χ0n) is 17.5. The van der Waals surface area contributed by atoms with Crippen molar-refractivity contribution in [2.75, 3.05) is 30.5 Å². The number of fused-ring (bicyclic) bond motifs is 2. The van der Waals surface area contributed by atoms with Crippen LogP contribution in [0.4, 0.5) is 17.3 Å². The summed E-state index contributed by atoms with van der Waals surface area (Å²) in [5.41, 5.74) is 3.47. The maximum absolute atomic E-state index is 13.0.